The normalized spacial score (nSPS) is 20.9. The third kappa shape index (κ3) is 4.17. The smallest absolute Gasteiger partial charge is 0.330 e. The number of rotatable bonds is 5. The molecule has 1 fully saturated rings. The molecular weight excluding hydrogens is 525 g/mol. The number of halogens is 1. The van der Waals surface area contributed by atoms with Crippen LogP contribution < -0.4 is 22.5 Å². The van der Waals surface area contributed by atoms with Gasteiger partial charge in [-0.15, -0.1) is 5.10 Å². The Morgan fingerprint density at radius 1 is 1.16 bits per heavy atom. The van der Waals surface area contributed by atoms with Gasteiger partial charge in [0, 0.05) is 24.4 Å². The van der Waals surface area contributed by atoms with E-state index in [1.54, 1.807) is 13.1 Å². The quantitative estimate of drug-likeness (QED) is 0.325. The van der Waals surface area contributed by atoms with Crippen molar-refractivity contribution in [2.24, 2.45) is 0 Å². The van der Waals surface area contributed by atoms with Gasteiger partial charge in [0.15, 0.2) is 0 Å². The van der Waals surface area contributed by atoms with Gasteiger partial charge < -0.3 is 9.84 Å². The van der Waals surface area contributed by atoms with Crippen molar-refractivity contribution in [3.8, 4) is 0 Å². The number of aliphatic hydroxyl groups is 1. The van der Waals surface area contributed by atoms with E-state index < -0.39 is 40.9 Å². The maximum absolute atomic E-state index is 12.2. The molecule has 31 heavy (non-hydrogen) atoms. The molecule has 4 heterocycles. The van der Waals surface area contributed by atoms with Gasteiger partial charge in [0.2, 0.25) is 0 Å². The second-order valence-corrected chi connectivity index (χ2v) is 8.31. The van der Waals surface area contributed by atoms with Crippen molar-refractivity contribution < 1.29 is 9.84 Å². The average Bonchev–Trinajstić information content (AvgIpc) is 3.35. The van der Waals surface area contributed by atoms with Crippen molar-refractivity contribution in [3.63, 3.8) is 0 Å². The van der Waals surface area contributed by atoms with Crippen molar-refractivity contribution in [1.29, 1.82) is 0 Å². The lowest BCUT2D eigenvalue weighted by Gasteiger charge is -2.15. The molecule has 1 aliphatic heterocycles. The van der Waals surface area contributed by atoms with Crippen molar-refractivity contribution in [3.05, 3.63) is 75.1 Å². The van der Waals surface area contributed by atoms with Crippen LogP contribution in [0.5, 0.6) is 0 Å². The van der Waals surface area contributed by atoms with Crippen LogP contribution in [0.25, 0.3) is 0 Å². The fourth-order valence-corrected chi connectivity index (χ4v) is 3.92. The summed E-state index contributed by atoms with van der Waals surface area (Å²) in [5, 5.41) is 17.9. The molecule has 1 saturated heterocycles. The van der Waals surface area contributed by atoms with Gasteiger partial charge >= 0.3 is 11.4 Å². The predicted octanol–water partition coefficient (Wildman–Crippen LogP) is -1.54. The number of hydrogen-bond donors (Lipinski definition) is 3. The maximum Gasteiger partial charge on any atom is 0.330 e. The van der Waals surface area contributed by atoms with E-state index in [0.717, 1.165) is 0 Å². The SMILES string of the molecule is Cc1cn([C@H]2C[C@H](n3cc(Cn4cc(I)c(=O)[nH]c4=O)nn3)[C@@H](CO)O2)c(=O)[nH]c1=O. The predicted molar refractivity (Wildman–Crippen MR) is 114 cm³/mol. The zero-order chi connectivity index (χ0) is 22.3. The molecule has 0 aromatic carbocycles. The summed E-state index contributed by atoms with van der Waals surface area (Å²) in [6.07, 6.45) is 3.40. The maximum atomic E-state index is 12.2. The number of ether oxygens (including phenoxy) is 1. The fourth-order valence-electron chi connectivity index (χ4n) is 3.45. The summed E-state index contributed by atoms with van der Waals surface area (Å²) in [4.78, 5) is 51.7. The van der Waals surface area contributed by atoms with Crippen LogP contribution in [0.1, 0.15) is 29.9 Å². The molecule has 13 nitrogen and oxygen atoms in total. The first-order chi connectivity index (χ1) is 14.8. The molecular formula is C17H18IN7O6. The van der Waals surface area contributed by atoms with Crippen LogP contribution in [0.2, 0.25) is 0 Å². The zero-order valence-electron chi connectivity index (χ0n) is 16.2. The van der Waals surface area contributed by atoms with Crippen molar-refractivity contribution in [2.45, 2.75) is 38.3 Å². The molecule has 0 bridgehead atoms. The van der Waals surface area contributed by atoms with Gasteiger partial charge in [0.25, 0.3) is 11.1 Å². The molecule has 14 heteroatoms. The van der Waals surface area contributed by atoms with E-state index in [1.165, 1.54) is 26.2 Å². The van der Waals surface area contributed by atoms with E-state index in [2.05, 4.69) is 20.3 Å². The Hall–Kier alpha value is -2.85. The molecule has 0 spiro atoms. The van der Waals surface area contributed by atoms with Gasteiger partial charge in [-0.3, -0.25) is 28.7 Å². The van der Waals surface area contributed by atoms with E-state index in [0.29, 0.717) is 21.2 Å². The molecule has 0 amide bonds. The molecule has 164 valence electrons. The summed E-state index contributed by atoms with van der Waals surface area (Å²) in [6.45, 7) is 1.35. The second kappa shape index (κ2) is 8.35. The largest absolute Gasteiger partial charge is 0.394 e. The summed E-state index contributed by atoms with van der Waals surface area (Å²) in [5.41, 5.74) is -1.28. The molecule has 1 aliphatic rings. The molecule has 0 aliphatic carbocycles. The van der Waals surface area contributed by atoms with Crippen LogP contribution in [-0.2, 0) is 11.3 Å². The fraction of sp³-hybridized carbons (Fsp3) is 0.412. The topological polar surface area (TPSA) is 170 Å². The third-order valence-electron chi connectivity index (χ3n) is 5.04. The zero-order valence-corrected chi connectivity index (χ0v) is 18.3. The number of nitrogens with one attached hydrogen (secondary N) is 2. The Kier molecular flexibility index (Phi) is 5.76. The van der Waals surface area contributed by atoms with E-state index in [1.807, 2.05) is 22.6 Å². The molecule has 0 saturated carbocycles. The lowest BCUT2D eigenvalue weighted by molar-refractivity contribution is -0.0323. The van der Waals surface area contributed by atoms with Gasteiger partial charge in [-0.2, -0.15) is 0 Å². The lowest BCUT2D eigenvalue weighted by atomic mass is 10.1. The Bertz CT molecular complexity index is 1350. The van der Waals surface area contributed by atoms with Gasteiger partial charge in [-0.25, -0.2) is 14.3 Å². The van der Waals surface area contributed by atoms with Gasteiger partial charge in [0.05, 0.1) is 29.0 Å². The molecule has 4 rings (SSSR count). The number of aliphatic hydroxyl groups excluding tert-OH is 1. The van der Waals surface area contributed by atoms with E-state index >= 15 is 0 Å². The Morgan fingerprint density at radius 2 is 1.90 bits per heavy atom. The van der Waals surface area contributed by atoms with Crippen LogP contribution >= 0.6 is 22.6 Å². The number of hydrogen-bond acceptors (Lipinski definition) is 8. The Balaban J connectivity index is 1.58. The van der Waals surface area contributed by atoms with Crippen LogP contribution in [0, 0.1) is 10.5 Å². The number of H-pyrrole nitrogens is 2. The Labute approximate surface area is 186 Å². The highest BCUT2D eigenvalue weighted by atomic mass is 127. The summed E-state index contributed by atoms with van der Waals surface area (Å²) in [5.74, 6) is 0. The number of aromatic nitrogens is 7. The summed E-state index contributed by atoms with van der Waals surface area (Å²) in [7, 11) is 0. The standard InChI is InChI=1S/C17H18IN7O6/c1-8-3-24(17(30)19-14(8)27)13-2-11(12(7-26)31-13)25-5-9(21-22-25)4-23-6-10(18)15(28)20-16(23)29/h3,5-6,11-13,26H,2,4,7H2,1H3,(H,19,27,30)(H,20,28,29)/t11-,12+,13+/m0/s1. The lowest BCUT2D eigenvalue weighted by Crippen LogP contribution is -2.33. The van der Waals surface area contributed by atoms with E-state index in [9.17, 15) is 24.3 Å². The molecule has 3 aromatic rings. The number of aryl methyl sites for hydroxylation is 1. The average molecular weight is 543 g/mol. The molecule has 3 aromatic heterocycles. The highest BCUT2D eigenvalue weighted by Crippen LogP contribution is 2.35. The molecule has 0 radical (unpaired) electrons. The monoisotopic (exact) mass is 543 g/mol. The minimum atomic E-state index is -0.707. The third-order valence-corrected chi connectivity index (χ3v) is 5.81. The minimum Gasteiger partial charge on any atom is -0.394 e. The summed E-state index contributed by atoms with van der Waals surface area (Å²) >= 11 is 1.83. The minimum absolute atomic E-state index is 0.0883. The highest BCUT2D eigenvalue weighted by molar-refractivity contribution is 14.1. The number of aromatic amines is 2. The van der Waals surface area contributed by atoms with E-state index in [-0.39, 0.29) is 13.2 Å². The van der Waals surface area contributed by atoms with Crippen LogP contribution in [0.15, 0.2) is 37.8 Å². The summed E-state index contributed by atoms with van der Waals surface area (Å²) in [6, 6.07) is -0.428. The summed E-state index contributed by atoms with van der Waals surface area (Å²) < 4.78 is 10.3. The molecule has 0 unspecified atom stereocenters. The van der Waals surface area contributed by atoms with Crippen molar-refractivity contribution in [2.75, 3.05) is 6.61 Å². The molecule has 3 N–H and O–H groups in total. The van der Waals surface area contributed by atoms with Crippen LogP contribution in [0.3, 0.4) is 0 Å². The second-order valence-electron chi connectivity index (χ2n) is 7.15. The first-order valence-electron chi connectivity index (χ1n) is 9.25. The number of nitrogens with zero attached hydrogens (tertiary/aromatic N) is 5. The van der Waals surface area contributed by atoms with E-state index in [4.69, 9.17) is 4.74 Å². The van der Waals surface area contributed by atoms with Gasteiger partial charge in [-0.05, 0) is 29.5 Å². The van der Waals surface area contributed by atoms with Crippen molar-refractivity contribution in [1.82, 2.24) is 34.1 Å². The Morgan fingerprint density at radius 3 is 2.65 bits per heavy atom. The van der Waals surface area contributed by atoms with Crippen LogP contribution in [-0.4, -0.2) is 51.9 Å². The van der Waals surface area contributed by atoms with Gasteiger partial charge in [-0.1, -0.05) is 5.21 Å². The van der Waals surface area contributed by atoms with Gasteiger partial charge in [0.1, 0.15) is 18.0 Å². The first kappa shape index (κ1) is 21.4. The van der Waals surface area contributed by atoms with Crippen molar-refractivity contribution >= 4 is 22.6 Å². The first-order valence-corrected chi connectivity index (χ1v) is 10.3. The molecule has 3 atom stereocenters. The highest BCUT2D eigenvalue weighted by Gasteiger charge is 2.38. The van der Waals surface area contributed by atoms with Crippen LogP contribution in [0.4, 0.5) is 0 Å².